The van der Waals surface area contributed by atoms with Gasteiger partial charge in [-0.15, -0.1) is 0 Å². The molecule has 3 heteroatoms. The Hall–Kier alpha value is -0.730. The molecule has 0 spiro atoms. The van der Waals surface area contributed by atoms with Crippen molar-refractivity contribution < 1.29 is 5.11 Å². The molecule has 0 atom stereocenters. The molecule has 1 fully saturated rings. The van der Waals surface area contributed by atoms with E-state index in [1.807, 2.05) is 24.3 Å². The highest BCUT2D eigenvalue weighted by Crippen LogP contribution is 2.27. The molecule has 2 nitrogen and oxygen atoms in total. The summed E-state index contributed by atoms with van der Waals surface area (Å²) in [6.07, 6.45) is 3.89. The molecule has 0 saturated heterocycles. The van der Waals surface area contributed by atoms with Crippen LogP contribution in [0.4, 0.5) is 5.69 Å². The number of aliphatic hydroxyl groups excluding tert-OH is 1. The molecule has 0 amide bonds. The summed E-state index contributed by atoms with van der Waals surface area (Å²) in [6, 6.07) is 8.49. The average molecular weight is 240 g/mol. The van der Waals surface area contributed by atoms with Crippen LogP contribution in [-0.2, 0) is 0 Å². The molecular formula is C13H18ClNO. The predicted octanol–water partition coefficient (Wildman–Crippen LogP) is 3.08. The van der Waals surface area contributed by atoms with Gasteiger partial charge >= 0.3 is 0 Å². The molecule has 16 heavy (non-hydrogen) atoms. The number of rotatable bonds is 2. The summed E-state index contributed by atoms with van der Waals surface area (Å²) in [4.78, 5) is 2.29. The van der Waals surface area contributed by atoms with Gasteiger partial charge in [-0.05, 0) is 49.9 Å². The van der Waals surface area contributed by atoms with Gasteiger partial charge in [0.25, 0.3) is 0 Å². The highest BCUT2D eigenvalue weighted by Gasteiger charge is 2.22. The van der Waals surface area contributed by atoms with Crippen LogP contribution < -0.4 is 4.90 Å². The lowest BCUT2D eigenvalue weighted by atomic mass is 9.92. The second-order valence-corrected chi connectivity index (χ2v) is 4.99. The first kappa shape index (κ1) is 11.7. The Kier molecular flexibility index (Phi) is 3.72. The monoisotopic (exact) mass is 239 g/mol. The SMILES string of the molecule is CN(c1ccc(Cl)cc1)C1CCC(O)CC1. The van der Waals surface area contributed by atoms with Crippen LogP contribution in [0.25, 0.3) is 0 Å². The summed E-state index contributed by atoms with van der Waals surface area (Å²) in [5.74, 6) is 0. The van der Waals surface area contributed by atoms with Crippen LogP contribution in [0.15, 0.2) is 24.3 Å². The van der Waals surface area contributed by atoms with Crippen molar-refractivity contribution in [2.75, 3.05) is 11.9 Å². The van der Waals surface area contributed by atoms with E-state index >= 15 is 0 Å². The van der Waals surface area contributed by atoms with E-state index < -0.39 is 0 Å². The summed E-state index contributed by atoms with van der Waals surface area (Å²) in [5.41, 5.74) is 1.20. The maximum Gasteiger partial charge on any atom is 0.0541 e. The van der Waals surface area contributed by atoms with E-state index in [1.165, 1.54) is 5.69 Å². The smallest absolute Gasteiger partial charge is 0.0541 e. The molecule has 1 aliphatic carbocycles. The van der Waals surface area contributed by atoms with Gasteiger partial charge in [0.2, 0.25) is 0 Å². The number of hydrogen-bond acceptors (Lipinski definition) is 2. The second-order valence-electron chi connectivity index (χ2n) is 4.55. The zero-order valence-corrected chi connectivity index (χ0v) is 10.3. The third-order valence-electron chi connectivity index (χ3n) is 3.45. The fraction of sp³-hybridized carbons (Fsp3) is 0.538. The lowest BCUT2D eigenvalue weighted by molar-refractivity contribution is 0.122. The molecule has 0 heterocycles. The highest BCUT2D eigenvalue weighted by atomic mass is 35.5. The quantitative estimate of drug-likeness (QED) is 0.858. The van der Waals surface area contributed by atoms with Crippen molar-refractivity contribution in [3.05, 3.63) is 29.3 Å². The van der Waals surface area contributed by atoms with E-state index in [0.29, 0.717) is 6.04 Å². The van der Waals surface area contributed by atoms with Gasteiger partial charge in [0.05, 0.1) is 6.10 Å². The summed E-state index contributed by atoms with van der Waals surface area (Å²) in [7, 11) is 2.12. The van der Waals surface area contributed by atoms with Crippen molar-refractivity contribution in [2.24, 2.45) is 0 Å². The largest absolute Gasteiger partial charge is 0.393 e. The van der Waals surface area contributed by atoms with Gasteiger partial charge in [-0.2, -0.15) is 0 Å². The Morgan fingerprint density at radius 3 is 2.25 bits per heavy atom. The summed E-state index contributed by atoms with van der Waals surface area (Å²) >= 11 is 5.87. The first-order chi connectivity index (χ1) is 7.66. The number of anilines is 1. The van der Waals surface area contributed by atoms with Gasteiger partial charge in [0.1, 0.15) is 0 Å². The lowest BCUT2D eigenvalue weighted by Gasteiger charge is -2.34. The Labute approximate surface area is 102 Å². The van der Waals surface area contributed by atoms with E-state index in [2.05, 4.69) is 11.9 Å². The van der Waals surface area contributed by atoms with Crippen molar-refractivity contribution in [1.29, 1.82) is 0 Å². The van der Waals surface area contributed by atoms with Crippen LogP contribution in [0.2, 0.25) is 5.02 Å². The van der Waals surface area contributed by atoms with E-state index in [9.17, 15) is 5.11 Å². The molecule has 1 aromatic rings. The molecule has 0 bridgehead atoms. The number of halogens is 1. The number of benzene rings is 1. The standard InChI is InChI=1S/C13H18ClNO/c1-15(11-4-2-10(14)3-5-11)12-6-8-13(16)9-7-12/h2-5,12-13,16H,6-9H2,1H3. The molecule has 0 aromatic heterocycles. The minimum absolute atomic E-state index is 0.0881. The normalized spacial score (nSPS) is 25.4. The van der Waals surface area contributed by atoms with Crippen molar-refractivity contribution in [3.8, 4) is 0 Å². The molecule has 1 N–H and O–H groups in total. The zero-order chi connectivity index (χ0) is 11.5. The van der Waals surface area contributed by atoms with Crippen LogP contribution in [0.3, 0.4) is 0 Å². The maximum atomic E-state index is 9.48. The van der Waals surface area contributed by atoms with Crippen LogP contribution in [0.5, 0.6) is 0 Å². The Morgan fingerprint density at radius 2 is 1.69 bits per heavy atom. The zero-order valence-electron chi connectivity index (χ0n) is 9.56. The van der Waals surface area contributed by atoms with Crippen molar-refractivity contribution in [3.63, 3.8) is 0 Å². The molecule has 0 unspecified atom stereocenters. The third kappa shape index (κ3) is 2.69. The van der Waals surface area contributed by atoms with Crippen LogP contribution in [0, 0.1) is 0 Å². The topological polar surface area (TPSA) is 23.5 Å². The molecule has 1 aromatic carbocycles. The minimum atomic E-state index is -0.0881. The number of aliphatic hydroxyl groups is 1. The van der Waals surface area contributed by atoms with E-state index in [-0.39, 0.29) is 6.10 Å². The van der Waals surface area contributed by atoms with Crippen LogP contribution in [-0.4, -0.2) is 24.3 Å². The summed E-state index contributed by atoms with van der Waals surface area (Å²) in [5, 5.41) is 10.3. The molecule has 0 radical (unpaired) electrons. The van der Waals surface area contributed by atoms with Gasteiger partial charge < -0.3 is 10.0 Å². The van der Waals surface area contributed by atoms with Gasteiger partial charge in [-0.25, -0.2) is 0 Å². The van der Waals surface area contributed by atoms with Crippen LogP contribution >= 0.6 is 11.6 Å². The maximum absolute atomic E-state index is 9.48. The second kappa shape index (κ2) is 5.07. The van der Waals surface area contributed by atoms with Crippen molar-refractivity contribution >= 4 is 17.3 Å². The Balaban J connectivity index is 2.01. The Morgan fingerprint density at radius 1 is 1.12 bits per heavy atom. The fourth-order valence-electron chi connectivity index (χ4n) is 2.33. The van der Waals surface area contributed by atoms with E-state index in [1.54, 1.807) is 0 Å². The predicted molar refractivity (Wildman–Crippen MR) is 68.1 cm³/mol. The lowest BCUT2D eigenvalue weighted by Crippen LogP contribution is -2.36. The molecular weight excluding hydrogens is 222 g/mol. The average Bonchev–Trinajstić information content (AvgIpc) is 2.30. The van der Waals surface area contributed by atoms with Crippen molar-refractivity contribution in [2.45, 2.75) is 37.8 Å². The van der Waals surface area contributed by atoms with Gasteiger partial charge in [-0.1, -0.05) is 11.6 Å². The molecule has 2 rings (SSSR count). The molecule has 88 valence electrons. The van der Waals surface area contributed by atoms with E-state index in [4.69, 9.17) is 11.6 Å². The minimum Gasteiger partial charge on any atom is -0.393 e. The molecule has 0 aliphatic heterocycles. The van der Waals surface area contributed by atoms with E-state index in [0.717, 1.165) is 30.7 Å². The highest BCUT2D eigenvalue weighted by molar-refractivity contribution is 6.30. The number of hydrogen-bond donors (Lipinski definition) is 1. The summed E-state index contributed by atoms with van der Waals surface area (Å²) in [6.45, 7) is 0. The fourth-order valence-corrected chi connectivity index (χ4v) is 2.46. The molecule has 1 saturated carbocycles. The van der Waals surface area contributed by atoms with Crippen LogP contribution in [0.1, 0.15) is 25.7 Å². The third-order valence-corrected chi connectivity index (χ3v) is 3.70. The van der Waals surface area contributed by atoms with Crippen molar-refractivity contribution in [1.82, 2.24) is 0 Å². The Bertz CT molecular complexity index is 330. The number of nitrogens with zero attached hydrogens (tertiary/aromatic N) is 1. The first-order valence-corrected chi connectivity index (χ1v) is 6.21. The molecule has 1 aliphatic rings. The first-order valence-electron chi connectivity index (χ1n) is 5.83. The van der Waals surface area contributed by atoms with Gasteiger partial charge in [0.15, 0.2) is 0 Å². The summed E-state index contributed by atoms with van der Waals surface area (Å²) < 4.78 is 0. The van der Waals surface area contributed by atoms with Gasteiger partial charge in [-0.3, -0.25) is 0 Å². The van der Waals surface area contributed by atoms with Gasteiger partial charge in [0, 0.05) is 23.8 Å².